The first kappa shape index (κ1) is 12.3. The Bertz CT molecular complexity index is 188. The molecule has 0 aromatic heterocycles. The van der Waals surface area contributed by atoms with Gasteiger partial charge in [0.15, 0.2) is 0 Å². The van der Waals surface area contributed by atoms with Crippen molar-refractivity contribution in [2.24, 2.45) is 0 Å². The second kappa shape index (κ2) is 4.46. The van der Waals surface area contributed by atoms with Crippen molar-refractivity contribution in [3.63, 3.8) is 0 Å². The van der Waals surface area contributed by atoms with Gasteiger partial charge in [-0.15, -0.1) is 0 Å². The zero-order chi connectivity index (χ0) is 6.78. The summed E-state index contributed by atoms with van der Waals surface area (Å²) in [6.45, 7) is 3.10. The van der Waals surface area contributed by atoms with E-state index in [1.165, 1.54) is 0 Å². The molecule has 0 aliphatic heterocycles. The van der Waals surface area contributed by atoms with E-state index in [1.807, 2.05) is 0 Å². The molecule has 0 unspecified atom stereocenters. The molecule has 0 saturated carbocycles. The van der Waals surface area contributed by atoms with Crippen molar-refractivity contribution in [1.82, 2.24) is 0 Å². The molecule has 0 aliphatic carbocycles. The third kappa shape index (κ3) is 12.0. The molecule has 0 bridgehead atoms. The summed E-state index contributed by atoms with van der Waals surface area (Å²) in [7, 11) is -4.14. The van der Waals surface area contributed by atoms with Crippen molar-refractivity contribution in [3.05, 3.63) is 11.0 Å². The molecule has 0 N–H and O–H groups in total. The van der Waals surface area contributed by atoms with E-state index in [4.69, 9.17) is 0 Å². The molecule has 9 heavy (non-hydrogen) atoms. The van der Waals surface area contributed by atoms with Gasteiger partial charge in [-0.2, -0.15) is 0 Å². The fourth-order valence-corrected chi connectivity index (χ4v) is 0.866. The van der Waals surface area contributed by atoms with Crippen LogP contribution in [0.2, 0.25) is 0 Å². The van der Waals surface area contributed by atoms with Gasteiger partial charge >= 0.3 is 29.6 Å². The van der Waals surface area contributed by atoms with Crippen LogP contribution in [0.4, 0.5) is 0 Å². The molecule has 0 saturated heterocycles. The van der Waals surface area contributed by atoms with Crippen molar-refractivity contribution in [1.29, 1.82) is 0 Å². The molecule has 48 valence electrons. The van der Waals surface area contributed by atoms with E-state index in [-0.39, 0.29) is 29.6 Å². The molecule has 0 fully saturated rings. The predicted octanol–water partition coefficient (Wildman–Crippen LogP) is -2.54. The number of rotatable bonds is 1. The van der Waals surface area contributed by atoms with Crippen molar-refractivity contribution < 1.29 is 42.5 Å². The average Bonchev–Trinajstić information content (AvgIpc) is 1.21. The van der Waals surface area contributed by atoms with Crippen molar-refractivity contribution in [2.75, 3.05) is 0 Å². The average molecular weight is 158 g/mol. The fourth-order valence-electron chi connectivity index (χ4n) is 0.289. The van der Waals surface area contributed by atoms with Gasteiger partial charge < -0.3 is 4.55 Å². The first-order chi connectivity index (χ1) is 3.42. The topological polar surface area (TPSA) is 57.2 Å². The van der Waals surface area contributed by atoms with Crippen LogP contribution in [0, 0.1) is 0 Å². The minimum atomic E-state index is -4.14. The van der Waals surface area contributed by atoms with Crippen LogP contribution in [0.25, 0.3) is 0 Å². The van der Waals surface area contributed by atoms with Crippen LogP contribution >= 0.6 is 0 Å². The molecule has 0 aromatic carbocycles. The van der Waals surface area contributed by atoms with Gasteiger partial charge in [0.1, 0.15) is 10.1 Å². The Labute approximate surface area is 77.2 Å². The van der Waals surface area contributed by atoms with Crippen molar-refractivity contribution in [2.45, 2.75) is 13.8 Å². The SMILES string of the molecule is CC(C)=CS(=O)(=O)[O-].[Na+]. The molecular formula is C4H7NaO3S. The zero-order valence-electron chi connectivity index (χ0n) is 5.71. The summed E-state index contributed by atoms with van der Waals surface area (Å²) in [6.07, 6.45) is 0. The van der Waals surface area contributed by atoms with Gasteiger partial charge in [-0.1, -0.05) is 5.57 Å². The third-order valence-corrected chi connectivity index (χ3v) is 1.14. The van der Waals surface area contributed by atoms with E-state index in [2.05, 4.69) is 0 Å². The van der Waals surface area contributed by atoms with E-state index in [0.29, 0.717) is 11.0 Å². The molecule has 0 atom stereocenters. The minimum Gasteiger partial charge on any atom is -0.744 e. The van der Waals surface area contributed by atoms with Crippen LogP contribution in [0.3, 0.4) is 0 Å². The molecule has 0 aliphatic rings. The molecular weight excluding hydrogens is 151 g/mol. The molecule has 5 heteroatoms. The standard InChI is InChI=1S/C4H8O3S.Na/c1-4(2)3-8(5,6)7;/h3H,1-2H3,(H,5,6,7);/q;+1/p-1. The van der Waals surface area contributed by atoms with Crippen LogP contribution in [0.15, 0.2) is 11.0 Å². The summed E-state index contributed by atoms with van der Waals surface area (Å²) in [5, 5.41) is 0.688. The maximum atomic E-state index is 9.81. The third-order valence-electron chi connectivity index (χ3n) is 0.380. The Morgan fingerprint density at radius 2 is 1.78 bits per heavy atom. The number of hydrogen-bond donors (Lipinski definition) is 0. The number of hydrogen-bond acceptors (Lipinski definition) is 3. The molecule has 0 radical (unpaired) electrons. The Kier molecular flexibility index (Phi) is 6.12. The zero-order valence-corrected chi connectivity index (χ0v) is 8.53. The maximum Gasteiger partial charge on any atom is 1.00 e. The van der Waals surface area contributed by atoms with Gasteiger partial charge in [0.25, 0.3) is 0 Å². The quantitative estimate of drug-likeness (QED) is 0.312. The Morgan fingerprint density at radius 1 is 1.44 bits per heavy atom. The smallest absolute Gasteiger partial charge is 0.744 e. The van der Waals surface area contributed by atoms with Crippen molar-refractivity contribution in [3.8, 4) is 0 Å². The first-order valence-corrected chi connectivity index (χ1v) is 3.50. The van der Waals surface area contributed by atoms with E-state index in [1.54, 1.807) is 13.8 Å². The molecule has 0 heterocycles. The second-order valence-corrected chi connectivity index (χ2v) is 2.91. The largest absolute Gasteiger partial charge is 1.00 e. The normalized spacial score (nSPS) is 9.67. The second-order valence-electron chi connectivity index (χ2n) is 1.69. The van der Waals surface area contributed by atoms with E-state index >= 15 is 0 Å². The summed E-state index contributed by atoms with van der Waals surface area (Å²) in [6, 6.07) is 0. The van der Waals surface area contributed by atoms with E-state index in [0.717, 1.165) is 0 Å². The fraction of sp³-hybridized carbons (Fsp3) is 0.500. The first-order valence-electron chi connectivity index (χ1n) is 2.02. The summed E-state index contributed by atoms with van der Waals surface area (Å²) in [5.41, 5.74) is 0.500. The van der Waals surface area contributed by atoms with Crippen LogP contribution < -0.4 is 29.6 Å². The molecule has 0 amide bonds. The summed E-state index contributed by atoms with van der Waals surface area (Å²) in [5.74, 6) is 0. The molecule has 0 spiro atoms. The molecule has 0 rings (SSSR count). The van der Waals surface area contributed by atoms with Crippen LogP contribution in [-0.4, -0.2) is 13.0 Å². The van der Waals surface area contributed by atoms with Crippen molar-refractivity contribution >= 4 is 10.1 Å². The van der Waals surface area contributed by atoms with Gasteiger partial charge in [-0.05, 0) is 13.8 Å². The van der Waals surface area contributed by atoms with Gasteiger partial charge in [0.2, 0.25) is 0 Å². The van der Waals surface area contributed by atoms with Gasteiger partial charge in [0.05, 0.1) is 0 Å². The predicted molar refractivity (Wildman–Crippen MR) is 29.1 cm³/mol. The number of allylic oxidation sites excluding steroid dienone is 1. The Morgan fingerprint density at radius 3 is 1.78 bits per heavy atom. The summed E-state index contributed by atoms with van der Waals surface area (Å²) in [4.78, 5) is 0. The van der Waals surface area contributed by atoms with Gasteiger partial charge in [-0.3, -0.25) is 0 Å². The Balaban J connectivity index is 0. The molecule has 3 nitrogen and oxygen atoms in total. The maximum absolute atomic E-state index is 9.81. The van der Waals surface area contributed by atoms with Crippen LogP contribution in [0.1, 0.15) is 13.8 Å². The van der Waals surface area contributed by atoms with E-state index < -0.39 is 10.1 Å². The van der Waals surface area contributed by atoms with Crippen LogP contribution in [-0.2, 0) is 10.1 Å². The van der Waals surface area contributed by atoms with Crippen LogP contribution in [0.5, 0.6) is 0 Å². The minimum absolute atomic E-state index is 0. The van der Waals surface area contributed by atoms with Gasteiger partial charge in [0, 0.05) is 5.41 Å². The Hall–Kier alpha value is 0.650. The molecule has 0 aromatic rings. The summed E-state index contributed by atoms with van der Waals surface area (Å²) < 4.78 is 29.4. The summed E-state index contributed by atoms with van der Waals surface area (Å²) >= 11 is 0. The monoisotopic (exact) mass is 158 g/mol. The van der Waals surface area contributed by atoms with E-state index in [9.17, 15) is 13.0 Å². The van der Waals surface area contributed by atoms with Gasteiger partial charge in [-0.25, -0.2) is 8.42 Å².